The molecule has 3 aliphatic rings. The second-order valence-corrected chi connectivity index (χ2v) is 21.6. The zero-order chi connectivity index (χ0) is 57.0. The van der Waals surface area contributed by atoms with Gasteiger partial charge in [-0.15, -0.1) is 15.3 Å². The fraction of sp³-hybridized carbons (Fsp3) is 0.431. The minimum Gasteiger partial charge on any atom is -0.495 e. The van der Waals surface area contributed by atoms with Gasteiger partial charge in [-0.05, 0) is 144 Å². The number of pyridine rings is 3. The zero-order valence-corrected chi connectivity index (χ0v) is 49.1. The molecule has 0 amide bonds. The molecule has 3 aromatic carbocycles. The largest absolute Gasteiger partial charge is 0.495 e. The molecule has 6 aromatic heterocycles. The molecule has 438 valence electrons. The number of ether oxygens (including phenoxy) is 4. The summed E-state index contributed by atoms with van der Waals surface area (Å²) in [7, 11) is 1.73. The smallest absolute Gasteiger partial charge is 0.182 e. The molecule has 9 heterocycles. The SMILES string of the molecule is COc1ccccc1N1CCN(CCCCOc2ccn3nnnc3c2)CC1.Clc1cccc(N2CCN(CCCCOc3ccn4nnnc4c3)CC2)c1Cl.Clc1ccccc1N1CCN(CCCCOc2ccn3nnnc3c2)CC1. The van der Waals surface area contributed by atoms with E-state index in [9.17, 15) is 0 Å². The summed E-state index contributed by atoms with van der Waals surface area (Å²) in [4.78, 5) is 14.6. The molecule has 0 aliphatic carbocycles. The molecule has 3 saturated heterocycles. The van der Waals surface area contributed by atoms with Crippen LogP contribution in [-0.4, -0.2) is 200 Å². The van der Waals surface area contributed by atoms with Crippen LogP contribution in [0.3, 0.4) is 0 Å². The fourth-order valence-corrected chi connectivity index (χ4v) is 11.0. The highest BCUT2D eigenvalue weighted by atomic mass is 35.5. The van der Waals surface area contributed by atoms with Crippen LogP contribution in [0.4, 0.5) is 17.1 Å². The average Bonchev–Trinajstić information content (AvgIpc) is 4.47. The lowest BCUT2D eigenvalue weighted by molar-refractivity contribution is 0.238. The molecule has 0 saturated carbocycles. The van der Waals surface area contributed by atoms with Crippen molar-refractivity contribution < 1.29 is 18.9 Å². The van der Waals surface area contributed by atoms with Crippen LogP contribution in [-0.2, 0) is 0 Å². The van der Waals surface area contributed by atoms with Gasteiger partial charge in [-0.25, -0.2) is 13.5 Å². The monoisotopic (exact) mass is 1190 g/mol. The number of piperazine rings is 3. The number of para-hydroxylation sites is 3. The van der Waals surface area contributed by atoms with Gasteiger partial charge in [0.15, 0.2) is 16.9 Å². The van der Waals surface area contributed by atoms with Gasteiger partial charge < -0.3 is 33.6 Å². The van der Waals surface area contributed by atoms with Crippen molar-refractivity contribution in [3.63, 3.8) is 0 Å². The summed E-state index contributed by atoms with van der Waals surface area (Å²) in [6, 6.07) is 33.4. The Hall–Kier alpha value is -7.34. The number of aromatic nitrogens is 12. The van der Waals surface area contributed by atoms with Crippen LogP contribution in [0.25, 0.3) is 16.9 Å². The summed E-state index contributed by atoms with van der Waals surface area (Å²) in [5.74, 6) is 3.38. The van der Waals surface area contributed by atoms with Crippen molar-refractivity contribution in [3.8, 4) is 23.0 Å². The maximum atomic E-state index is 6.34. The number of anilines is 3. The van der Waals surface area contributed by atoms with E-state index >= 15 is 0 Å². The van der Waals surface area contributed by atoms with E-state index in [4.69, 9.17) is 53.8 Å². The van der Waals surface area contributed by atoms with Gasteiger partial charge in [0.05, 0.1) is 59.1 Å². The summed E-state index contributed by atoms with van der Waals surface area (Å²) >= 11 is 18.8. The number of tetrazole rings is 3. The molecule has 3 fully saturated rings. The summed E-state index contributed by atoms with van der Waals surface area (Å²) in [5, 5.41) is 36.2. The first-order chi connectivity index (χ1) is 40.8. The van der Waals surface area contributed by atoms with Crippen LogP contribution >= 0.6 is 34.8 Å². The number of hydrogen-bond donors (Lipinski definition) is 0. The van der Waals surface area contributed by atoms with Gasteiger partial charge in [0, 0.05) is 115 Å². The number of methoxy groups -OCH3 is 1. The Morgan fingerprint density at radius 1 is 0.398 bits per heavy atom. The average molecular weight is 1190 g/mol. The Labute approximate surface area is 498 Å². The lowest BCUT2D eigenvalue weighted by atomic mass is 10.2. The topological polar surface area (TPSA) is 186 Å². The molecule has 25 heteroatoms. The highest BCUT2D eigenvalue weighted by molar-refractivity contribution is 6.43. The second kappa shape index (κ2) is 30.3. The van der Waals surface area contributed by atoms with Gasteiger partial charge in [-0.2, -0.15) is 0 Å². The minimum absolute atomic E-state index is 0.612. The van der Waals surface area contributed by atoms with E-state index in [-0.39, 0.29) is 0 Å². The normalized spacial score (nSPS) is 15.3. The van der Waals surface area contributed by atoms with Crippen LogP contribution in [0, 0.1) is 0 Å². The second-order valence-electron chi connectivity index (χ2n) is 20.4. The molecule has 9 aromatic rings. The first-order valence-electron chi connectivity index (χ1n) is 28.5. The quantitative estimate of drug-likeness (QED) is 0.0590. The third-order valence-corrected chi connectivity index (χ3v) is 16.1. The molecule has 3 aliphatic heterocycles. The number of unbranched alkanes of at least 4 members (excludes halogenated alkanes) is 3. The van der Waals surface area contributed by atoms with E-state index in [1.54, 1.807) is 26.9 Å². The maximum absolute atomic E-state index is 6.34. The molecule has 22 nitrogen and oxygen atoms in total. The minimum atomic E-state index is 0.612. The predicted molar refractivity (Wildman–Crippen MR) is 323 cm³/mol. The number of nitrogens with zero attached hydrogens (tertiary/aromatic N) is 18. The molecule has 0 N–H and O–H groups in total. The number of fused-ring (bicyclic) bond motifs is 3. The van der Waals surface area contributed by atoms with Gasteiger partial charge >= 0.3 is 0 Å². The van der Waals surface area contributed by atoms with Gasteiger partial charge in [0.25, 0.3) is 0 Å². The third-order valence-electron chi connectivity index (χ3n) is 14.9. The third kappa shape index (κ3) is 16.7. The van der Waals surface area contributed by atoms with Crippen LogP contribution < -0.4 is 33.6 Å². The van der Waals surface area contributed by atoms with Crippen LogP contribution in [0.1, 0.15) is 38.5 Å². The summed E-state index contributed by atoms with van der Waals surface area (Å²) in [6.45, 7) is 17.8. The van der Waals surface area contributed by atoms with Crippen LogP contribution in [0.15, 0.2) is 122 Å². The Balaban J connectivity index is 0.000000139. The van der Waals surface area contributed by atoms with E-state index < -0.39 is 0 Å². The molecular weight excluding hydrogens is 1120 g/mol. The van der Waals surface area contributed by atoms with Crippen molar-refractivity contribution in [2.24, 2.45) is 0 Å². The summed E-state index contributed by atoms with van der Waals surface area (Å²) in [5.41, 5.74) is 5.46. The molecule has 0 spiro atoms. The summed E-state index contributed by atoms with van der Waals surface area (Å²) in [6.07, 6.45) is 11.8. The highest BCUT2D eigenvalue weighted by Gasteiger charge is 2.22. The number of benzene rings is 3. The molecule has 12 rings (SSSR count). The Bertz CT molecular complexity index is 3400. The maximum Gasteiger partial charge on any atom is 0.182 e. The van der Waals surface area contributed by atoms with Gasteiger partial charge in [-0.1, -0.05) is 65.1 Å². The standard InChI is InChI=1S/C20H26N6O2.C19H22Cl2N6O.C19H23ClN6O/c1-27-19-7-3-2-6-18(19)25-13-11-24(12-14-25)9-4-5-15-28-17-8-10-26-20(16-17)21-22-23-26;20-16-4-3-5-17(19(16)21)26-11-9-25(10-12-26)7-1-2-13-28-15-6-8-27-18(14-15)22-23-24-27;20-17-5-1-2-6-18(17)25-12-10-24(11-13-25)8-3-4-14-27-16-7-9-26-19(15-16)21-22-23-26/h2-3,6-8,10,16H,4-5,9,11-15H2,1H3;3-6,8,14H,1-2,7,9-13H2;1-2,5-7,9,15H,3-4,8,10-14H2. The first-order valence-corrected chi connectivity index (χ1v) is 29.6. The number of hydrogen-bond acceptors (Lipinski definition) is 19. The Morgan fingerprint density at radius 3 is 1.20 bits per heavy atom. The van der Waals surface area contributed by atoms with Gasteiger partial charge in [0.1, 0.15) is 23.0 Å². The molecular formula is C58H71Cl3N18O4. The van der Waals surface area contributed by atoms with Gasteiger partial charge in [-0.3, -0.25) is 14.7 Å². The predicted octanol–water partition coefficient (Wildman–Crippen LogP) is 8.29. The van der Waals surface area contributed by atoms with Crippen molar-refractivity contribution >= 4 is 68.8 Å². The molecule has 83 heavy (non-hydrogen) atoms. The van der Waals surface area contributed by atoms with Crippen LogP contribution in [0.5, 0.6) is 23.0 Å². The first kappa shape index (κ1) is 58.8. The van der Waals surface area contributed by atoms with Crippen molar-refractivity contribution in [3.05, 3.63) is 137 Å². The van der Waals surface area contributed by atoms with E-state index in [0.717, 1.165) is 176 Å². The fourth-order valence-electron chi connectivity index (χ4n) is 10.3. The summed E-state index contributed by atoms with van der Waals surface area (Å²) < 4.78 is 27.8. The zero-order valence-electron chi connectivity index (χ0n) is 46.8. The van der Waals surface area contributed by atoms with E-state index in [1.807, 2.05) is 97.3 Å². The van der Waals surface area contributed by atoms with Crippen molar-refractivity contribution in [2.75, 3.05) is 140 Å². The van der Waals surface area contributed by atoms with Crippen molar-refractivity contribution in [2.45, 2.75) is 38.5 Å². The lowest BCUT2D eigenvalue weighted by Gasteiger charge is -2.36. The van der Waals surface area contributed by atoms with E-state index in [2.05, 4.69) is 94.2 Å². The van der Waals surface area contributed by atoms with Crippen LogP contribution in [0.2, 0.25) is 15.1 Å². The number of rotatable bonds is 22. The molecule has 0 bridgehead atoms. The van der Waals surface area contributed by atoms with E-state index in [1.165, 1.54) is 5.69 Å². The Kier molecular flexibility index (Phi) is 21.5. The molecule has 0 radical (unpaired) electrons. The number of halogens is 3. The molecule has 0 unspecified atom stereocenters. The Morgan fingerprint density at radius 2 is 0.771 bits per heavy atom. The lowest BCUT2D eigenvalue weighted by Crippen LogP contribution is -2.46. The van der Waals surface area contributed by atoms with Crippen molar-refractivity contribution in [1.82, 2.24) is 74.8 Å². The molecule has 0 atom stereocenters. The van der Waals surface area contributed by atoms with E-state index in [0.29, 0.717) is 46.8 Å². The van der Waals surface area contributed by atoms with Crippen molar-refractivity contribution in [1.29, 1.82) is 0 Å². The van der Waals surface area contributed by atoms with Gasteiger partial charge in [0.2, 0.25) is 0 Å². The highest BCUT2D eigenvalue weighted by Crippen LogP contribution is 2.33.